The molecule has 90 valence electrons. The first kappa shape index (κ1) is 10.9. The van der Waals surface area contributed by atoms with Crippen LogP contribution in [0.3, 0.4) is 0 Å². The number of aromatic hydroxyl groups is 1. The smallest absolute Gasteiger partial charge is 0.263 e. The largest absolute Gasteiger partial charge is 0.508 e. The van der Waals surface area contributed by atoms with Crippen molar-refractivity contribution in [3.63, 3.8) is 0 Å². The summed E-state index contributed by atoms with van der Waals surface area (Å²) in [6.45, 7) is 0. The van der Waals surface area contributed by atoms with E-state index in [9.17, 15) is 5.11 Å². The Kier molecular flexibility index (Phi) is 2.53. The Bertz CT molecular complexity index is 673. The summed E-state index contributed by atoms with van der Waals surface area (Å²) in [5.41, 5.74) is 1.29. The van der Waals surface area contributed by atoms with Crippen LogP contribution < -0.4 is 0 Å². The molecule has 5 nitrogen and oxygen atoms in total. The number of rotatable bonds is 2. The van der Waals surface area contributed by atoms with Gasteiger partial charge in [0, 0.05) is 5.56 Å². The van der Waals surface area contributed by atoms with Gasteiger partial charge in [0.25, 0.3) is 5.89 Å². The molecule has 0 saturated heterocycles. The average Bonchev–Trinajstić information content (AvgIpc) is 2.98. The van der Waals surface area contributed by atoms with Crippen LogP contribution in [0.25, 0.3) is 22.8 Å². The van der Waals surface area contributed by atoms with Crippen molar-refractivity contribution < 1.29 is 14.0 Å². The molecule has 3 aromatic rings. The average molecular weight is 263 g/mol. The maximum atomic E-state index is 9.20. The number of hydrogen-bond donors (Lipinski definition) is 1. The van der Waals surface area contributed by atoms with Crippen LogP contribution >= 0.6 is 11.6 Å². The van der Waals surface area contributed by atoms with Crippen molar-refractivity contribution in [2.75, 3.05) is 0 Å². The molecule has 6 heteroatoms. The molecule has 0 aliphatic heterocycles. The molecule has 0 aliphatic rings. The fraction of sp³-hybridized carbons (Fsp3) is 0. The Hall–Kier alpha value is -2.27. The molecule has 1 N–H and O–H groups in total. The quantitative estimate of drug-likeness (QED) is 0.767. The molecule has 0 unspecified atom stereocenters. The van der Waals surface area contributed by atoms with Crippen molar-refractivity contribution in [2.24, 2.45) is 0 Å². The third-order valence-corrected chi connectivity index (χ3v) is 2.69. The normalized spacial score (nSPS) is 10.7. The Morgan fingerprint density at radius 3 is 2.56 bits per heavy atom. The van der Waals surface area contributed by atoms with Crippen molar-refractivity contribution in [1.82, 2.24) is 10.1 Å². The number of benzene rings is 1. The van der Waals surface area contributed by atoms with Crippen LogP contribution in [-0.4, -0.2) is 15.2 Å². The molecule has 3 rings (SSSR count). The van der Waals surface area contributed by atoms with E-state index in [0.717, 1.165) is 5.56 Å². The van der Waals surface area contributed by atoms with E-state index in [-0.39, 0.29) is 16.9 Å². The van der Waals surface area contributed by atoms with E-state index in [4.69, 9.17) is 20.5 Å². The lowest BCUT2D eigenvalue weighted by molar-refractivity contribution is 0.431. The van der Waals surface area contributed by atoms with E-state index in [0.29, 0.717) is 11.4 Å². The highest BCUT2D eigenvalue weighted by Gasteiger charge is 2.15. The van der Waals surface area contributed by atoms with E-state index in [1.54, 1.807) is 30.3 Å². The van der Waals surface area contributed by atoms with E-state index in [1.165, 1.54) is 6.26 Å². The monoisotopic (exact) mass is 262 g/mol. The van der Waals surface area contributed by atoms with Crippen LogP contribution in [0.2, 0.25) is 5.22 Å². The molecule has 0 atom stereocenters. The van der Waals surface area contributed by atoms with Gasteiger partial charge in [-0.15, -0.1) is 0 Å². The van der Waals surface area contributed by atoms with Crippen LogP contribution in [0.15, 0.2) is 45.5 Å². The standard InChI is InChI=1S/C12H7ClN2O3/c13-10-9(5-6-17-10)12-14-11(15-18-12)7-1-3-8(16)4-2-7/h1-6,16H. The number of furan rings is 1. The maximum Gasteiger partial charge on any atom is 0.263 e. The summed E-state index contributed by atoms with van der Waals surface area (Å²) in [6, 6.07) is 8.14. The molecule has 2 heterocycles. The molecule has 0 saturated carbocycles. The van der Waals surface area contributed by atoms with Crippen molar-refractivity contribution >= 4 is 11.6 Å². The Labute approximate surface area is 107 Å². The van der Waals surface area contributed by atoms with Gasteiger partial charge < -0.3 is 14.0 Å². The summed E-state index contributed by atoms with van der Waals surface area (Å²) in [4.78, 5) is 4.21. The molecular formula is C12H7ClN2O3. The summed E-state index contributed by atoms with van der Waals surface area (Å²) in [7, 11) is 0. The number of aromatic nitrogens is 2. The number of nitrogens with zero attached hydrogens (tertiary/aromatic N) is 2. The fourth-order valence-corrected chi connectivity index (χ4v) is 1.70. The third kappa shape index (κ3) is 1.84. The number of hydrogen-bond acceptors (Lipinski definition) is 5. The maximum absolute atomic E-state index is 9.20. The van der Waals surface area contributed by atoms with Crippen LogP contribution in [0.5, 0.6) is 5.75 Å². The van der Waals surface area contributed by atoms with E-state index < -0.39 is 0 Å². The molecule has 0 radical (unpaired) electrons. The highest BCUT2D eigenvalue weighted by Crippen LogP contribution is 2.29. The lowest BCUT2D eigenvalue weighted by Gasteiger charge is -1.93. The first-order valence-electron chi connectivity index (χ1n) is 5.10. The Balaban J connectivity index is 1.99. The summed E-state index contributed by atoms with van der Waals surface area (Å²) >= 11 is 5.82. The number of halogens is 1. The van der Waals surface area contributed by atoms with Crippen molar-refractivity contribution in [3.05, 3.63) is 41.8 Å². The number of phenols is 1. The van der Waals surface area contributed by atoms with E-state index >= 15 is 0 Å². The molecule has 0 bridgehead atoms. The van der Waals surface area contributed by atoms with Crippen LogP contribution in [-0.2, 0) is 0 Å². The second-order valence-electron chi connectivity index (χ2n) is 3.58. The molecule has 0 fully saturated rings. The molecule has 0 amide bonds. The second-order valence-corrected chi connectivity index (χ2v) is 3.92. The second kappa shape index (κ2) is 4.19. The van der Waals surface area contributed by atoms with Crippen LogP contribution in [0.4, 0.5) is 0 Å². The minimum Gasteiger partial charge on any atom is -0.508 e. The molecule has 18 heavy (non-hydrogen) atoms. The minimum absolute atomic E-state index is 0.181. The lowest BCUT2D eigenvalue weighted by Crippen LogP contribution is -1.80. The molecule has 1 aromatic carbocycles. The zero-order chi connectivity index (χ0) is 12.5. The Morgan fingerprint density at radius 1 is 1.11 bits per heavy atom. The van der Waals surface area contributed by atoms with Crippen molar-refractivity contribution in [3.8, 4) is 28.6 Å². The first-order valence-corrected chi connectivity index (χ1v) is 5.48. The molecular weight excluding hydrogens is 256 g/mol. The summed E-state index contributed by atoms with van der Waals surface area (Å²) in [5, 5.41) is 13.3. The summed E-state index contributed by atoms with van der Waals surface area (Å²) in [5.74, 6) is 0.888. The predicted molar refractivity (Wildman–Crippen MR) is 64.1 cm³/mol. The highest BCUT2D eigenvalue weighted by molar-refractivity contribution is 6.31. The van der Waals surface area contributed by atoms with Crippen LogP contribution in [0, 0.1) is 0 Å². The molecule has 0 aliphatic carbocycles. The number of phenolic OH excluding ortho intramolecular Hbond substituents is 1. The van der Waals surface area contributed by atoms with Crippen LogP contribution in [0.1, 0.15) is 0 Å². The molecule has 2 aromatic heterocycles. The van der Waals surface area contributed by atoms with Gasteiger partial charge in [0.15, 0.2) is 0 Å². The highest BCUT2D eigenvalue weighted by atomic mass is 35.5. The minimum atomic E-state index is 0.181. The van der Waals surface area contributed by atoms with E-state index in [2.05, 4.69) is 10.1 Å². The van der Waals surface area contributed by atoms with Gasteiger partial charge in [-0.05, 0) is 41.9 Å². The van der Waals surface area contributed by atoms with Crippen molar-refractivity contribution in [1.29, 1.82) is 0 Å². The van der Waals surface area contributed by atoms with Gasteiger partial charge in [0.05, 0.1) is 11.8 Å². The first-order chi connectivity index (χ1) is 8.74. The topological polar surface area (TPSA) is 72.3 Å². The summed E-state index contributed by atoms with van der Waals surface area (Å²) < 4.78 is 10.1. The predicted octanol–water partition coefficient (Wildman–Crippen LogP) is 3.36. The van der Waals surface area contributed by atoms with Gasteiger partial charge in [-0.3, -0.25) is 0 Å². The van der Waals surface area contributed by atoms with Gasteiger partial charge in [-0.1, -0.05) is 5.16 Å². The summed E-state index contributed by atoms with van der Waals surface area (Å²) in [6.07, 6.45) is 1.45. The zero-order valence-electron chi connectivity index (χ0n) is 9.00. The Morgan fingerprint density at radius 2 is 1.89 bits per heavy atom. The van der Waals surface area contributed by atoms with E-state index in [1.807, 2.05) is 0 Å². The van der Waals surface area contributed by atoms with Gasteiger partial charge >= 0.3 is 0 Å². The fourth-order valence-electron chi connectivity index (χ4n) is 1.51. The third-order valence-electron chi connectivity index (χ3n) is 2.40. The van der Waals surface area contributed by atoms with Gasteiger partial charge in [0.1, 0.15) is 5.75 Å². The van der Waals surface area contributed by atoms with Crippen molar-refractivity contribution in [2.45, 2.75) is 0 Å². The van der Waals surface area contributed by atoms with Gasteiger partial charge in [-0.25, -0.2) is 0 Å². The van der Waals surface area contributed by atoms with Gasteiger partial charge in [-0.2, -0.15) is 4.98 Å². The molecule has 0 spiro atoms. The SMILES string of the molecule is Oc1ccc(-c2noc(-c3ccoc3Cl)n2)cc1. The lowest BCUT2D eigenvalue weighted by atomic mass is 10.2. The zero-order valence-corrected chi connectivity index (χ0v) is 9.76. The van der Waals surface area contributed by atoms with Gasteiger partial charge in [0.2, 0.25) is 11.0 Å².